The summed E-state index contributed by atoms with van der Waals surface area (Å²) in [5.74, 6) is -0.0564. The van der Waals surface area contributed by atoms with Crippen LogP contribution in [-0.4, -0.2) is 11.9 Å². The molecule has 90 valence electrons. The van der Waals surface area contributed by atoms with Crippen molar-refractivity contribution in [3.05, 3.63) is 21.9 Å². The Kier molecular flexibility index (Phi) is 4.77. The number of carbonyl (C=O) groups is 1. The van der Waals surface area contributed by atoms with Crippen molar-refractivity contribution in [3.63, 3.8) is 0 Å². The summed E-state index contributed by atoms with van der Waals surface area (Å²) in [5.41, 5.74) is 6.83. The first kappa shape index (κ1) is 13.5. The second-order valence-electron chi connectivity index (χ2n) is 4.04. The summed E-state index contributed by atoms with van der Waals surface area (Å²) in [6, 6.07) is 1.87. The van der Waals surface area contributed by atoms with Gasteiger partial charge in [0.1, 0.15) is 0 Å². The summed E-state index contributed by atoms with van der Waals surface area (Å²) in [6.45, 7) is 1.71. The lowest BCUT2D eigenvalue weighted by Gasteiger charge is -2.24. The molecule has 0 saturated heterocycles. The minimum Gasteiger partial charge on any atom is -0.348 e. The van der Waals surface area contributed by atoms with Gasteiger partial charge in [-0.25, -0.2) is 0 Å². The van der Waals surface area contributed by atoms with Crippen molar-refractivity contribution >= 4 is 29.7 Å². The predicted molar refractivity (Wildman–Crippen MR) is 69.0 cm³/mol. The Morgan fingerprint density at radius 2 is 2.44 bits per heavy atom. The maximum atomic E-state index is 11.5. The fraction of sp³-hybridized carbons (Fsp3) is 0.545. The van der Waals surface area contributed by atoms with Crippen LogP contribution < -0.4 is 11.1 Å². The summed E-state index contributed by atoms with van der Waals surface area (Å²) in [6.07, 6.45) is 3.33. The molecule has 0 radical (unpaired) electrons. The van der Waals surface area contributed by atoms with E-state index in [4.69, 9.17) is 5.73 Å². The van der Waals surface area contributed by atoms with Gasteiger partial charge in [0.2, 0.25) is 5.91 Å². The van der Waals surface area contributed by atoms with Gasteiger partial charge in [0.25, 0.3) is 0 Å². The van der Waals surface area contributed by atoms with E-state index < -0.39 is 6.04 Å². The Morgan fingerprint density at radius 1 is 1.69 bits per heavy atom. The molecule has 3 N–H and O–H groups in total. The molecule has 1 unspecified atom stereocenters. The van der Waals surface area contributed by atoms with Crippen molar-refractivity contribution < 1.29 is 4.79 Å². The number of amides is 1. The van der Waals surface area contributed by atoms with E-state index in [9.17, 15) is 4.79 Å². The number of halogens is 1. The topological polar surface area (TPSA) is 55.1 Å². The van der Waals surface area contributed by atoms with Crippen LogP contribution in [0.4, 0.5) is 0 Å². The van der Waals surface area contributed by atoms with E-state index in [0.29, 0.717) is 0 Å². The molecule has 2 rings (SSSR count). The summed E-state index contributed by atoms with van der Waals surface area (Å²) >= 11 is 1.78. The monoisotopic (exact) mass is 260 g/mol. The van der Waals surface area contributed by atoms with E-state index in [-0.39, 0.29) is 24.4 Å². The summed E-state index contributed by atoms with van der Waals surface area (Å²) in [5, 5.41) is 5.10. The first-order valence-corrected chi connectivity index (χ1v) is 6.18. The van der Waals surface area contributed by atoms with Crippen molar-refractivity contribution in [2.75, 3.05) is 0 Å². The maximum Gasteiger partial charge on any atom is 0.237 e. The lowest BCUT2D eigenvalue weighted by Crippen LogP contribution is -2.40. The SMILES string of the molecule is C[C@H](N)C(=O)NC1CCCc2sccc21.Cl. The average molecular weight is 261 g/mol. The van der Waals surface area contributed by atoms with Gasteiger partial charge < -0.3 is 11.1 Å². The number of fused-ring (bicyclic) bond motifs is 1. The predicted octanol–water partition coefficient (Wildman–Crippen LogP) is 2.01. The third-order valence-corrected chi connectivity index (χ3v) is 3.78. The largest absolute Gasteiger partial charge is 0.348 e. The molecule has 0 saturated carbocycles. The first-order chi connectivity index (χ1) is 7.18. The zero-order chi connectivity index (χ0) is 10.8. The Balaban J connectivity index is 0.00000128. The summed E-state index contributed by atoms with van der Waals surface area (Å²) in [7, 11) is 0. The zero-order valence-electron chi connectivity index (χ0n) is 9.23. The number of hydrogen-bond acceptors (Lipinski definition) is 3. The van der Waals surface area contributed by atoms with Crippen molar-refractivity contribution in [2.45, 2.75) is 38.3 Å². The van der Waals surface area contributed by atoms with Gasteiger partial charge in [-0.05, 0) is 43.2 Å². The molecule has 0 aromatic carbocycles. The Labute approximate surface area is 106 Å². The van der Waals surface area contributed by atoms with Gasteiger partial charge in [0.05, 0.1) is 12.1 Å². The fourth-order valence-corrected chi connectivity index (χ4v) is 2.93. The van der Waals surface area contributed by atoms with Crippen molar-refractivity contribution in [1.82, 2.24) is 5.32 Å². The van der Waals surface area contributed by atoms with E-state index in [1.54, 1.807) is 18.3 Å². The Bertz CT molecular complexity index is 365. The normalized spacial score (nSPS) is 20.5. The maximum absolute atomic E-state index is 11.5. The van der Waals surface area contributed by atoms with Gasteiger partial charge in [0.15, 0.2) is 0 Å². The van der Waals surface area contributed by atoms with Gasteiger partial charge in [-0.15, -0.1) is 23.7 Å². The fourth-order valence-electron chi connectivity index (χ4n) is 1.94. The van der Waals surface area contributed by atoms with Gasteiger partial charge in [-0.2, -0.15) is 0 Å². The van der Waals surface area contributed by atoms with Crippen LogP contribution in [0.3, 0.4) is 0 Å². The van der Waals surface area contributed by atoms with Crippen LogP contribution in [-0.2, 0) is 11.2 Å². The van der Waals surface area contributed by atoms with Crippen molar-refractivity contribution in [1.29, 1.82) is 0 Å². The number of nitrogens with two attached hydrogens (primary N) is 1. The van der Waals surface area contributed by atoms with Gasteiger partial charge in [-0.1, -0.05) is 0 Å². The average Bonchev–Trinajstić information content (AvgIpc) is 2.66. The quantitative estimate of drug-likeness (QED) is 0.855. The highest BCUT2D eigenvalue weighted by Gasteiger charge is 2.23. The Hall–Kier alpha value is -0.580. The Morgan fingerprint density at radius 3 is 3.12 bits per heavy atom. The molecular formula is C11H17ClN2OS. The van der Waals surface area contributed by atoms with Crippen LogP contribution in [0.5, 0.6) is 0 Å². The zero-order valence-corrected chi connectivity index (χ0v) is 10.9. The molecule has 0 bridgehead atoms. The molecule has 1 aromatic rings. The van der Waals surface area contributed by atoms with E-state index in [1.165, 1.54) is 10.4 Å². The number of thiophene rings is 1. The smallest absolute Gasteiger partial charge is 0.237 e. The van der Waals surface area contributed by atoms with E-state index in [0.717, 1.165) is 19.3 Å². The standard InChI is InChI=1S/C11H16N2OS.ClH/c1-7(12)11(14)13-9-3-2-4-10-8(9)5-6-15-10;/h5-7,9H,2-4,12H2,1H3,(H,13,14);1H/t7-,9?;/m0./s1. The first-order valence-electron chi connectivity index (χ1n) is 5.30. The molecule has 1 aliphatic carbocycles. The summed E-state index contributed by atoms with van der Waals surface area (Å²) in [4.78, 5) is 12.9. The second-order valence-corrected chi connectivity index (χ2v) is 5.04. The third kappa shape index (κ3) is 2.75. The molecular weight excluding hydrogens is 244 g/mol. The minimum absolute atomic E-state index is 0. The molecule has 1 aliphatic rings. The van der Waals surface area contributed by atoms with Crippen LogP contribution in [0.1, 0.15) is 36.2 Å². The van der Waals surface area contributed by atoms with E-state index in [2.05, 4.69) is 16.8 Å². The van der Waals surface area contributed by atoms with E-state index >= 15 is 0 Å². The number of rotatable bonds is 2. The van der Waals surface area contributed by atoms with Crippen LogP contribution in [0.15, 0.2) is 11.4 Å². The molecule has 16 heavy (non-hydrogen) atoms. The van der Waals surface area contributed by atoms with Crippen molar-refractivity contribution in [2.24, 2.45) is 5.73 Å². The third-order valence-electron chi connectivity index (χ3n) is 2.78. The molecule has 3 nitrogen and oxygen atoms in total. The molecule has 0 aliphatic heterocycles. The highest BCUT2D eigenvalue weighted by molar-refractivity contribution is 7.10. The van der Waals surface area contributed by atoms with Gasteiger partial charge in [-0.3, -0.25) is 4.79 Å². The van der Waals surface area contributed by atoms with Crippen LogP contribution in [0, 0.1) is 0 Å². The lowest BCUT2D eigenvalue weighted by molar-refractivity contribution is -0.122. The highest BCUT2D eigenvalue weighted by atomic mass is 35.5. The molecule has 5 heteroatoms. The molecule has 2 atom stereocenters. The number of aryl methyl sites for hydroxylation is 1. The number of hydrogen-bond donors (Lipinski definition) is 2. The number of carbonyl (C=O) groups excluding carboxylic acids is 1. The highest BCUT2D eigenvalue weighted by Crippen LogP contribution is 2.33. The van der Waals surface area contributed by atoms with Crippen LogP contribution >= 0.6 is 23.7 Å². The molecule has 0 spiro atoms. The minimum atomic E-state index is -0.422. The van der Waals surface area contributed by atoms with Gasteiger partial charge >= 0.3 is 0 Å². The van der Waals surface area contributed by atoms with Crippen molar-refractivity contribution in [3.8, 4) is 0 Å². The van der Waals surface area contributed by atoms with Crippen LogP contribution in [0.2, 0.25) is 0 Å². The van der Waals surface area contributed by atoms with Gasteiger partial charge in [0, 0.05) is 4.88 Å². The molecule has 1 aromatic heterocycles. The van der Waals surface area contributed by atoms with Crippen LogP contribution in [0.25, 0.3) is 0 Å². The lowest BCUT2D eigenvalue weighted by atomic mass is 9.94. The molecule has 0 fully saturated rings. The number of nitrogens with one attached hydrogen (secondary N) is 1. The second kappa shape index (κ2) is 5.66. The van der Waals surface area contributed by atoms with E-state index in [1.807, 2.05) is 0 Å². The molecule has 1 amide bonds. The summed E-state index contributed by atoms with van der Waals surface area (Å²) < 4.78 is 0. The molecule has 1 heterocycles.